The smallest absolute Gasteiger partial charge is 0.178 e. The van der Waals surface area contributed by atoms with Crippen molar-refractivity contribution in [3.63, 3.8) is 0 Å². The first-order chi connectivity index (χ1) is 19.0. The van der Waals surface area contributed by atoms with Crippen LogP contribution in [0, 0.1) is 28.6 Å². The van der Waals surface area contributed by atoms with E-state index >= 15 is 0 Å². The van der Waals surface area contributed by atoms with Gasteiger partial charge < -0.3 is 14.6 Å². The van der Waals surface area contributed by atoms with Crippen LogP contribution in [0.25, 0.3) is 10.9 Å². The number of pyridine rings is 1. The molecule has 0 amide bonds. The maximum Gasteiger partial charge on any atom is 0.178 e. The fourth-order valence-corrected chi connectivity index (χ4v) is 10.1. The molecule has 5 unspecified atom stereocenters. The summed E-state index contributed by atoms with van der Waals surface area (Å²) in [5.41, 5.74) is -0.0331. The topological polar surface area (TPSA) is 85.7 Å². The Balaban J connectivity index is 1.22. The molecule has 6 nitrogen and oxygen atoms in total. The van der Waals surface area contributed by atoms with Gasteiger partial charge in [0.2, 0.25) is 0 Å². The summed E-state index contributed by atoms with van der Waals surface area (Å²) in [6, 6.07) is 12.0. The molecule has 0 bridgehead atoms. The Bertz CT molecular complexity index is 1480. The number of hydrogen-bond acceptors (Lipinski definition) is 7. The zero-order valence-corrected chi connectivity index (χ0v) is 24.4. The first-order valence-corrected chi connectivity index (χ1v) is 15.5. The van der Waals surface area contributed by atoms with Crippen molar-refractivity contribution in [1.82, 2.24) is 4.98 Å². The van der Waals surface area contributed by atoms with Gasteiger partial charge in [-0.2, -0.15) is 0 Å². The number of benzene rings is 1. The standard InChI is InChI=1S/C33H37NO5S/c1-30(2)38-27-16-23-22-11-10-20-15-21(35)13-14-31(20,3)29(22)25(36)17-32(23,4)33(27,39-30)26(37)18-40-28-12-9-19-7-5-6-8-24(19)34-28/h5-9,12-15,22-23,25,27,29,36H,10-11,16-18H2,1-4H3/t22?,23?,25-,27+,29?,31?,32?,33+/m0/s1. The molecule has 1 aromatic heterocycles. The molecule has 210 valence electrons. The highest BCUT2D eigenvalue weighted by Gasteiger charge is 2.76. The zero-order chi connectivity index (χ0) is 28.1. The Hall–Kier alpha value is -2.32. The third-order valence-electron chi connectivity index (χ3n) is 10.8. The summed E-state index contributed by atoms with van der Waals surface area (Å²) in [6.07, 6.45) is 7.38. The molecule has 1 saturated heterocycles. The summed E-state index contributed by atoms with van der Waals surface area (Å²) in [4.78, 5) is 31.4. The van der Waals surface area contributed by atoms with Crippen molar-refractivity contribution in [2.45, 2.75) is 82.0 Å². The number of aliphatic hydroxyl groups excluding tert-OH is 1. The van der Waals surface area contributed by atoms with Crippen molar-refractivity contribution >= 4 is 34.2 Å². The Labute approximate surface area is 239 Å². The highest BCUT2D eigenvalue weighted by atomic mass is 32.2. The lowest BCUT2D eigenvalue weighted by atomic mass is 9.46. The molecule has 2 aromatic rings. The summed E-state index contributed by atoms with van der Waals surface area (Å²) in [5.74, 6) is -0.252. The van der Waals surface area contributed by atoms with Gasteiger partial charge in [0.05, 0.1) is 28.5 Å². The Morgan fingerprint density at radius 3 is 2.77 bits per heavy atom. The average molecular weight is 560 g/mol. The van der Waals surface area contributed by atoms with E-state index in [2.05, 4.69) is 13.8 Å². The van der Waals surface area contributed by atoms with Crippen LogP contribution < -0.4 is 0 Å². The third kappa shape index (κ3) is 3.63. The maximum absolute atomic E-state index is 14.4. The molecule has 3 saturated carbocycles. The summed E-state index contributed by atoms with van der Waals surface area (Å²) in [7, 11) is 0. The van der Waals surface area contributed by atoms with E-state index in [-0.39, 0.29) is 46.6 Å². The predicted octanol–water partition coefficient (Wildman–Crippen LogP) is 5.67. The van der Waals surface area contributed by atoms with Crippen LogP contribution in [-0.4, -0.2) is 51.0 Å². The number of aliphatic hydroxyl groups is 1. The van der Waals surface area contributed by atoms with Crippen molar-refractivity contribution in [2.24, 2.45) is 28.6 Å². The van der Waals surface area contributed by atoms with Crippen LogP contribution in [0.2, 0.25) is 0 Å². The molecule has 4 fully saturated rings. The summed E-state index contributed by atoms with van der Waals surface area (Å²) in [5, 5.41) is 13.7. The number of ketones is 2. The molecule has 1 aliphatic heterocycles. The molecule has 40 heavy (non-hydrogen) atoms. The van der Waals surface area contributed by atoms with Gasteiger partial charge in [0.25, 0.3) is 0 Å². The molecule has 7 heteroatoms. The molecule has 4 aliphatic carbocycles. The van der Waals surface area contributed by atoms with Crippen molar-refractivity contribution in [3.8, 4) is 0 Å². The first kappa shape index (κ1) is 26.6. The second-order valence-corrected chi connectivity index (χ2v) is 14.3. The Morgan fingerprint density at radius 1 is 1.15 bits per heavy atom. The van der Waals surface area contributed by atoms with Crippen LogP contribution in [-0.2, 0) is 19.1 Å². The number of thioether (sulfide) groups is 1. The molecule has 1 aromatic carbocycles. The number of allylic oxidation sites excluding steroid dienone is 4. The van der Waals surface area contributed by atoms with Crippen LogP contribution in [0.5, 0.6) is 0 Å². The SMILES string of the molecule is CC1(C)O[C@@H]2CC3C4CCC5=CC(=O)C=CC5(C)C4[C@@H](O)CC3(C)[C@]2(C(=O)CSc2ccc3ccccc3n2)O1. The number of fused-ring (bicyclic) bond motifs is 8. The van der Waals surface area contributed by atoms with Crippen LogP contribution in [0.4, 0.5) is 0 Å². The van der Waals surface area contributed by atoms with Crippen molar-refractivity contribution in [3.05, 3.63) is 60.2 Å². The van der Waals surface area contributed by atoms with Gasteiger partial charge in [-0.3, -0.25) is 9.59 Å². The van der Waals surface area contributed by atoms with Gasteiger partial charge in [-0.05, 0) is 75.7 Å². The zero-order valence-electron chi connectivity index (χ0n) is 23.6. The van der Waals surface area contributed by atoms with E-state index in [0.29, 0.717) is 6.42 Å². The number of para-hydroxylation sites is 1. The van der Waals surface area contributed by atoms with E-state index in [4.69, 9.17) is 14.5 Å². The van der Waals surface area contributed by atoms with E-state index < -0.39 is 22.9 Å². The van der Waals surface area contributed by atoms with Crippen LogP contribution in [0.3, 0.4) is 0 Å². The van der Waals surface area contributed by atoms with Crippen molar-refractivity contribution < 1.29 is 24.2 Å². The summed E-state index contributed by atoms with van der Waals surface area (Å²) >= 11 is 1.44. The van der Waals surface area contributed by atoms with Gasteiger partial charge in [0.15, 0.2) is 23.0 Å². The predicted molar refractivity (Wildman–Crippen MR) is 154 cm³/mol. The summed E-state index contributed by atoms with van der Waals surface area (Å²) in [6.45, 7) is 8.11. The minimum atomic E-state index is -1.13. The quantitative estimate of drug-likeness (QED) is 0.483. The molecule has 8 atom stereocenters. The monoisotopic (exact) mass is 559 g/mol. The molecule has 5 aliphatic rings. The molecule has 7 rings (SSSR count). The molecular weight excluding hydrogens is 522 g/mol. The largest absolute Gasteiger partial charge is 0.393 e. The molecule has 0 spiro atoms. The molecule has 2 heterocycles. The Morgan fingerprint density at radius 2 is 1.95 bits per heavy atom. The maximum atomic E-state index is 14.4. The van der Waals surface area contributed by atoms with E-state index in [1.807, 2.05) is 56.3 Å². The van der Waals surface area contributed by atoms with E-state index in [1.54, 1.807) is 12.2 Å². The lowest BCUT2D eigenvalue weighted by Crippen LogP contribution is -2.63. The average Bonchev–Trinajstić information content (AvgIpc) is 3.32. The third-order valence-corrected chi connectivity index (χ3v) is 11.8. The van der Waals surface area contributed by atoms with Gasteiger partial charge >= 0.3 is 0 Å². The van der Waals surface area contributed by atoms with Gasteiger partial charge in [0.1, 0.15) is 0 Å². The van der Waals surface area contributed by atoms with Gasteiger partial charge in [0, 0.05) is 22.1 Å². The number of rotatable bonds is 4. The Kier molecular flexibility index (Phi) is 5.87. The fraction of sp³-hybridized carbons (Fsp3) is 0.545. The van der Waals surface area contributed by atoms with E-state index in [9.17, 15) is 14.7 Å². The number of carbonyl (C=O) groups is 2. The lowest BCUT2D eigenvalue weighted by molar-refractivity contribution is -0.223. The first-order valence-electron chi connectivity index (χ1n) is 14.5. The highest BCUT2D eigenvalue weighted by Crippen LogP contribution is 2.70. The fourth-order valence-electron chi connectivity index (χ4n) is 9.30. The number of Topliss-reactive ketones (excluding diaryl/α,β-unsaturated/α-hetero) is 1. The normalized spacial score (nSPS) is 41.2. The molecule has 1 N–H and O–H groups in total. The van der Waals surface area contributed by atoms with Crippen LogP contribution in [0.1, 0.15) is 53.4 Å². The number of nitrogens with zero attached hydrogens (tertiary/aromatic N) is 1. The highest BCUT2D eigenvalue weighted by molar-refractivity contribution is 7.99. The van der Waals surface area contributed by atoms with Gasteiger partial charge in [-0.1, -0.05) is 61.5 Å². The number of ether oxygens (including phenoxy) is 2. The number of aromatic nitrogens is 1. The van der Waals surface area contributed by atoms with Crippen molar-refractivity contribution in [2.75, 3.05) is 5.75 Å². The number of carbonyl (C=O) groups excluding carboxylic acids is 2. The van der Waals surface area contributed by atoms with E-state index in [0.717, 1.165) is 40.8 Å². The lowest BCUT2D eigenvalue weighted by Gasteiger charge is -2.60. The molecule has 0 radical (unpaired) electrons. The molecular formula is C33H37NO5S. The van der Waals surface area contributed by atoms with Gasteiger partial charge in [-0.15, -0.1) is 0 Å². The van der Waals surface area contributed by atoms with Crippen LogP contribution in [0.15, 0.2) is 65.2 Å². The summed E-state index contributed by atoms with van der Waals surface area (Å²) < 4.78 is 13.2. The van der Waals surface area contributed by atoms with E-state index in [1.165, 1.54) is 11.8 Å². The number of hydrogen-bond donors (Lipinski definition) is 1. The van der Waals surface area contributed by atoms with Crippen molar-refractivity contribution in [1.29, 1.82) is 0 Å². The minimum absolute atomic E-state index is 0.00918. The van der Waals surface area contributed by atoms with Crippen LogP contribution >= 0.6 is 11.8 Å². The minimum Gasteiger partial charge on any atom is -0.393 e. The second kappa shape index (κ2) is 8.84. The van der Waals surface area contributed by atoms with Gasteiger partial charge in [-0.25, -0.2) is 4.98 Å². The second-order valence-electron chi connectivity index (χ2n) is 13.3.